The second-order valence-corrected chi connectivity index (χ2v) is 8.05. The molecule has 0 aliphatic carbocycles. The predicted octanol–water partition coefficient (Wildman–Crippen LogP) is 3.57. The van der Waals surface area contributed by atoms with Crippen LogP contribution in [0.5, 0.6) is 0 Å². The fourth-order valence-corrected chi connectivity index (χ4v) is 3.06. The molecule has 0 unspecified atom stereocenters. The van der Waals surface area contributed by atoms with Gasteiger partial charge in [-0.05, 0) is 30.0 Å². The molecule has 1 aliphatic rings. The highest BCUT2D eigenvalue weighted by molar-refractivity contribution is 5.56. The van der Waals surface area contributed by atoms with Crippen LogP contribution in [-0.2, 0) is 10.2 Å². The van der Waals surface area contributed by atoms with E-state index in [2.05, 4.69) is 70.5 Å². The van der Waals surface area contributed by atoms with E-state index >= 15 is 0 Å². The third-order valence-electron chi connectivity index (χ3n) is 4.70. The number of rotatable bonds is 6. The number of benzene rings is 1. The highest BCUT2D eigenvalue weighted by Gasteiger charge is 2.13. The van der Waals surface area contributed by atoms with E-state index in [0.717, 1.165) is 56.6 Å². The zero-order valence-electron chi connectivity index (χ0n) is 16.9. The van der Waals surface area contributed by atoms with Crippen LogP contribution in [-0.4, -0.2) is 54.3 Å². The fourth-order valence-electron chi connectivity index (χ4n) is 3.06. The summed E-state index contributed by atoms with van der Waals surface area (Å²) in [6.07, 6.45) is 0. The van der Waals surface area contributed by atoms with Crippen LogP contribution in [0, 0.1) is 6.92 Å². The van der Waals surface area contributed by atoms with Crippen molar-refractivity contribution in [2.75, 3.05) is 50.0 Å². The number of aryl methyl sites for hydroxylation is 1. The molecule has 0 saturated carbocycles. The SMILES string of the molecule is Cc1cc(NCCN2CCOCC2)nc(Nc2ccc(C(C)(C)C)cc2)n1. The molecule has 2 aromatic rings. The summed E-state index contributed by atoms with van der Waals surface area (Å²) < 4.78 is 5.39. The van der Waals surface area contributed by atoms with Crippen LogP contribution < -0.4 is 10.6 Å². The van der Waals surface area contributed by atoms with E-state index in [1.807, 2.05) is 13.0 Å². The Hall–Kier alpha value is -2.18. The molecule has 1 aromatic heterocycles. The van der Waals surface area contributed by atoms with Crippen molar-refractivity contribution in [3.05, 3.63) is 41.6 Å². The van der Waals surface area contributed by atoms with Crippen molar-refractivity contribution >= 4 is 17.5 Å². The number of hydrogen-bond donors (Lipinski definition) is 2. The van der Waals surface area contributed by atoms with Crippen LogP contribution in [0.15, 0.2) is 30.3 Å². The summed E-state index contributed by atoms with van der Waals surface area (Å²) in [7, 11) is 0. The van der Waals surface area contributed by atoms with Crippen LogP contribution in [0.3, 0.4) is 0 Å². The summed E-state index contributed by atoms with van der Waals surface area (Å²) in [5.74, 6) is 1.47. The van der Waals surface area contributed by atoms with Gasteiger partial charge in [0.05, 0.1) is 13.2 Å². The van der Waals surface area contributed by atoms with Crippen molar-refractivity contribution in [1.82, 2.24) is 14.9 Å². The summed E-state index contributed by atoms with van der Waals surface area (Å²) in [5, 5.41) is 6.73. The maximum absolute atomic E-state index is 5.39. The maximum Gasteiger partial charge on any atom is 0.229 e. The largest absolute Gasteiger partial charge is 0.379 e. The van der Waals surface area contributed by atoms with Gasteiger partial charge < -0.3 is 15.4 Å². The van der Waals surface area contributed by atoms with E-state index in [0.29, 0.717) is 5.95 Å². The molecular formula is C21H31N5O. The minimum absolute atomic E-state index is 0.149. The second-order valence-electron chi connectivity index (χ2n) is 8.05. The van der Waals surface area contributed by atoms with Crippen LogP contribution in [0.25, 0.3) is 0 Å². The van der Waals surface area contributed by atoms with E-state index < -0.39 is 0 Å². The lowest BCUT2D eigenvalue weighted by molar-refractivity contribution is 0.0398. The van der Waals surface area contributed by atoms with Crippen molar-refractivity contribution < 1.29 is 4.74 Å². The van der Waals surface area contributed by atoms with Crippen molar-refractivity contribution in [3.63, 3.8) is 0 Å². The molecule has 0 radical (unpaired) electrons. The lowest BCUT2D eigenvalue weighted by Crippen LogP contribution is -2.39. The lowest BCUT2D eigenvalue weighted by Gasteiger charge is -2.26. The molecule has 6 heteroatoms. The molecular weight excluding hydrogens is 338 g/mol. The van der Waals surface area contributed by atoms with Crippen LogP contribution >= 0.6 is 0 Å². The second kappa shape index (κ2) is 8.67. The van der Waals surface area contributed by atoms with E-state index in [1.54, 1.807) is 0 Å². The fraction of sp³-hybridized carbons (Fsp3) is 0.524. The van der Waals surface area contributed by atoms with Crippen molar-refractivity contribution in [2.45, 2.75) is 33.1 Å². The number of aromatic nitrogens is 2. The molecule has 6 nitrogen and oxygen atoms in total. The van der Waals surface area contributed by atoms with Gasteiger partial charge in [0.1, 0.15) is 5.82 Å². The predicted molar refractivity (Wildman–Crippen MR) is 111 cm³/mol. The first-order valence-corrected chi connectivity index (χ1v) is 9.67. The molecule has 0 atom stereocenters. The third kappa shape index (κ3) is 5.91. The van der Waals surface area contributed by atoms with Crippen molar-refractivity contribution in [2.24, 2.45) is 0 Å². The highest BCUT2D eigenvalue weighted by Crippen LogP contribution is 2.24. The highest BCUT2D eigenvalue weighted by atomic mass is 16.5. The minimum Gasteiger partial charge on any atom is -0.379 e. The minimum atomic E-state index is 0.149. The summed E-state index contributed by atoms with van der Waals surface area (Å²) in [5.41, 5.74) is 3.39. The number of nitrogens with one attached hydrogen (secondary N) is 2. The summed E-state index contributed by atoms with van der Waals surface area (Å²) >= 11 is 0. The van der Waals surface area contributed by atoms with Gasteiger partial charge in [-0.25, -0.2) is 4.98 Å². The van der Waals surface area contributed by atoms with Crippen LogP contribution in [0.1, 0.15) is 32.0 Å². The Balaban J connectivity index is 1.59. The molecule has 146 valence electrons. The Morgan fingerprint density at radius 1 is 1.07 bits per heavy atom. The molecule has 1 fully saturated rings. The van der Waals surface area contributed by atoms with Crippen LogP contribution in [0.4, 0.5) is 17.5 Å². The zero-order valence-corrected chi connectivity index (χ0v) is 16.9. The van der Waals surface area contributed by atoms with Gasteiger partial charge in [0.2, 0.25) is 5.95 Å². The Kier molecular flexibility index (Phi) is 6.29. The molecule has 3 rings (SSSR count). The summed E-state index contributed by atoms with van der Waals surface area (Å²) in [4.78, 5) is 11.5. The molecule has 2 heterocycles. The van der Waals surface area contributed by atoms with Gasteiger partial charge in [0.25, 0.3) is 0 Å². The van der Waals surface area contributed by atoms with E-state index in [4.69, 9.17) is 4.74 Å². The summed E-state index contributed by atoms with van der Waals surface area (Å²) in [6.45, 7) is 14.1. The molecule has 0 amide bonds. The molecule has 2 N–H and O–H groups in total. The molecule has 1 aromatic carbocycles. The number of morpholine rings is 1. The van der Waals surface area contributed by atoms with E-state index in [9.17, 15) is 0 Å². The topological polar surface area (TPSA) is 62.3 Å². The molecule has 1 saturated heterocycles. The normalized spacial score (nSPS) is 15.6. The smallest absolute Gasteiger partial charge is 0.229 e. The summed E-state index contributed by atoms with van der Waals surface area (Å²) in [6, 6.07) is 10.4. The first kappa shape index (κ1) is 19.6. The first-order valence-electron chi connectivity index (χ1n) is 9.67. The van der Waals surface area contributed by atoms with Gasteiger partial charge in [0.15, 0.2) is 0 Å². The van der Waals surface area contributed by atoms with E-state index in [1.165, 1.54) is 5.56 Å². The Labute approximate surface area is 162 Å². The average molecular weight is 370 g/mol. The lowest BCUT2D eigenvalue weighted by atomic mass is 9.87. The number of nitrogens with zero attached hydrogens (tertiary/aromatic N) is 3. The Morgan fingerprint density at radius 2 is 1.78 bits per heavy atom. The van der Waals surface area contributed by atoms with Gasteiger partial charge in [-0.2, -0.15) is 4.98 Å². The number of anilines is 3. The standard InChI is InChI=1S/C21H31N5O/c1-16-15-19(22-9-10-26-11-13-27-14-12-26)25-20(23-16)24-18-7-5-17(6-8-18)21(2,3)4/h5-8,15H,9-14H2,1-4H3,(H2,22,23,24,25). The van der Waals surface area contributed by atoms with Gasteiger partial charge >= 0.3 is 0 Å². The zero-order chi connectivity index (χ0) is 19.3. The molecule has 0 bridgehead atoms. The number of ether oxygens (including phenoxy) is 1. The molecule has 1 aliphatic heterocycles. The average Bonchev–Trinajstić information content (AvgIpc) is 2.62. The van der Waals surface area contributed by atoms with Gasteiger partial charge in [-0.15, -0.1) is 0 Å². The van der Waals surface area contributed by atoms with Gasteiger partial charge in [-0.3, -0.25) is 4.90 Å². The van der Waals surface area contributed by atoms with Crippen molar-refractivity contribution in [3.8, 4) is 0 Å². The molecule has 27 heavy (non-hydrogen) atoms. The monoisotopic (exact) mass is 369 g/mol. The van der Waals surface area contributed by atoms with Gasteiger partial charge in [0, 0.05) is 43.6 Å². The molecule has 0 spiro atoms. The van der Waals surface area contributed by atoms with E-state index in [-0.39, 0.29) is 5.41 Å². The maximum atomic E-state index is 5.39. The van der Waals surface area contributed by atoms with Gasteiger partial charge in [-0.1, -0.05) is 32.9 Å². The van der Waals surface area contributed by atoms with Crippen LogP contribution in [0.2, 0.25) is 0 Å². The third-order valence-corrected chi connectivity index (χ3v) is 4.70. The Morgan fingerprint density at radius 3 is 2.44 bits per heavy atom. The first-order chi connectivity index (χ1) is 12.9. The Bertz CT molecular complexity index is 733. The quantitative estimate of drug-likeness (QED) is 0.812. The number of hydrogen-bond acceptors (Lipinski definition) is 6. The van der Waals surface area contributed by atoms with Crippen molar-refractivity contribution in [1.29, 1.82) is 0 Å².